The van der Waals surface area contributed by atoms with Crippen LogP contribution < -0.4 is 5.32 Å². The van der Waals surface area contributed by atoms with Crippen LogP contribution >= 0.6 is 15.9 Å². The van der Waals surface area contributed by atoms with Gasteiger partial charge in [0.25, 0.3) is 5.91 Å². The molecule has 0 radical (unpaired) electrons. The highest BCUT2D eigenvalue weighted by atomic mass is 79.9. The predicted octanol–water partition coefficient (Wildman–Crippen LogP) is 2.91. The Morgan fingerprint density at radius 1 is 1.50 bits per heavy atom. The summed E-state index contributed by atoms with van der Waals surface area (Å²) in [4.78, 5) is 12.1. The second-order valence-electron chi connectivity index (χ2n) is 4.90. The molecule has 1 fully saturated rings. The van der Waals surface area contributed by atoms with E-state index in [1.54, 1.807) is 0 Å². The topological polar surface area (TPSA) is 38.3 Å². The van der Waals surface area contributed by atoms with Gasteiger partial charge < -0.3 is 10.1 Å². The molecule has 0 spiro atoms. The zero-order valence-corrected chi connectivity index (χ0v) is 12.3. The van der Waals surface area contributed by atoms with E-state index in [2.05, 4.69) is 21.2 Å². The van der Waals surface area contributed by atoms with Gasteiger partial charge in [-0.15, -0.1) is 0 Å². The molecule has 1 heterocycles. The van der Waals surface area contributed by atoms with Gasteiger partial charge in [0.2, 0.25) is 0 Å². The van der Waals surface area contributed by atoms with Crippen LogP contribution in [-0.2, 0) is 4.74 Å². The number of hydrogen-bond donors (Lipinski definition) is 1. The summed E-state index contributed by atoms with van der Waals surface area (Å²) >= 11 is 3.41. The van der Waals surface area contributed by atoms with Gasteiger partial charge in [-0.1, -0.05) is 15.9 Å². The average molecular weight is 312 g/mol. The highest BCUT2D eigenvalue weighted by Gasteiger charge is 2.23. The van der Waals surface area contributed by atoms with E-state index >= 15 is 0 Å². The quantitative estimate of drug-likeness (QED) is 0.932. The minimum Gasteiger partial charge on any atom is -0.381 e. The fourth-order valence-corrected chi connectivity index (χ4v) is 2.83. The highest BCUT2D eigenvalue weighted by molar-refractivity contribution is 9.10. The van der Waals surface area contributed by atoms with Crippen molar-refractivity contribution >= 4 is 21.8 Å². The Morgan fingerprint density at radius 3 is 2.89 bits per heavy atom. The summed E-state index contributed by atoms with van der Waals surface area (Å²) in [6, 6.07) is 5.89. The summed E-state index contributed by atoms with van der Waals surface area (Å²) in [6.07, 6.45) is 1.03. The van der Waals surface area contributed by atoms with Gasteiger partial charge in [-0.2, -0.15) is 0 Å². The molecule has 1 saturated heterocycles. The molecule has 1 aliphatic rings. The van der Waals surface area contributed by atoms with Crippen LogP contribution in [0.25, 0.3) is 0 Å². The molecule has 1 amide bonds. The summed E-state index contributed by atoms with van der Waals surface area (Å²) in [6.45, 7) is 5.58. The van der Waals surface area contributed by atoms with Gasteiger partial charge >= 0.3 is 0 Å². The maximum absolute atomic E-state index is 12.1. The molecule has 1 aromatic rings. The Morgan fingerprint density at radius 2 is 2.28 bits per heavy atom. The molecule has 0 aliphatic carbocycles. The Hall–Kier alpha value is -0.870. The minimum absolute atomic E-state index is 0.0150. The Kier molecular flexibility index (Phi) is 4.40. The number of nitrogens with one attached hydrogen (secondary N) is 1. The van der Waals surface area contributed by atoms with Gasteiger partial charge in [0.15, 0.2) is 0 Å². The molecular weight excluding hydrogens is 294 g/mol. The van der Waals surface area contributed by atoms with Crippen molar-refractivity contribution in [1.29, 1.82) is 0 Å². The Bertz CT molecular complexity index is 421. The molecule has 0 saturated carbocycles. The third-order valence-electron chi connectivity index (χ3n) is 3.34. The van der Waals surface area contributed by atoms with Gasteiger partial charge in [0, 0.05) is 28.6 Å². The van der Waals surface area contributed by atoms with Crippen molar-refractivity contribution < 1.29 is 9.53 Å². The maximum Gasteiger partial charge on any atom is 0.251 e. The molecule has 0 bridgehead atoms. The molecule has 0 unspecified atom stereocenters. The number of benzene rings is 1. The minimum atomic E-state index is -0.0150. The summed E-state index contributed by atoms with van der Waals surface area (Å²) in [7, 11) is 0. The Balaban J connectivity index is 2.02. The van der Waals surface area contributed by atoms with Crippen molar-refractivity contribution in [3.63, 3.8) is 0 Å². The molecule has 1 aliphatic heterocycles. The fraction of sp³-hybridized carbons (Fsp3) is 0.500. The number of rotatable bonds is 3. The lowest BCUT2D eigenvalue weighted by Gasteiger charge is -2.19. The molecule has 98 valence electrons. The molecular formula is C14H18BrNO2. The van der Waals surface area contributed by atoms with E-state index in [9.17, 15) is 4.79 Å². The van der Waals surface area contributed by atoms with Crippen LogP contribution in [0.3, 0.4) is 0 Å². The molecule has 1 N–H and O–H groups in total. The van der Waals surface area contributed by atoms with Crippen molar-refractivity contribution in [2.45, 2.75) is 26.3 Å². The van der Waals surface area contributed by atoms with Gasteiger partial charge in [0.05, 0.1) is 6.61 Å². The predicted molar refractivity (Wildman–Crippen MR) is 74.7 cm³/mol. The number of carbonyl (C=O) groups excluding carboxylic acids is 1. The van der Waals surface area contributed by atoms with Gasteiger partial charge in [0.1, 0.15) is 0 Å². The fourth-order valence-electron chi connectivity index (χ4n) is 2.22. The zero-order chi connectivity index (χ0) is 13.1. The van der Waals surface area contributed by atoms with E-state index in [1.165, 1.54) is 0 Å². The monoisotopic (exact) mass is 311 g/mol. The van der Waals surface area contributed by atoms with E-state index in [4.69, 9.17) is 4.74 Å². The largest absolute Gasteiger partial charge is 0.381 e. The molecule has 2 atom stereocenters. The van der Waals surface area contributed by atoms with Gasteiger partial charge in [-0.05, 0) is 44.0 Å². The van der Waals surface area contributed by atoms with Crippen molar-refractivity contribution in [1.82, 2.24) is 5.32 Å². The van der Waals surface area contributed by atoms with Crippen LogP contribution in [0.2, 0.25) is 0 Å². The van der Waals surface area contributed by atoms with Crippen LogP contribution in [0.5, 0.6) is 0 Å². The third-order valence-corrected chi connectivity index (χ3v) is 3.79. The maximum atomic E-state index is 12.1. The SMILES string of the molecule is Cc1cc(Br)cc(C(=O)N[C@@H](C)[C@H]2CCOC2)c1. The molecule has 3 nitrogen and oxygen atoms in total. The Labute approximate surface area is 116 Å². The van der Waals surface area contributed by atoms with Crippen LogP contribution in [0.1, 0.15) is 29.3 Å². The summed E-state index contributed by atoms with van der Waals surface area (Å²) < 4.78 is 6.28. The number of carbonyl (C=O) groups is 1. The smallest absolute Gasteiger partial charge is 0.251 e. The van der Waals surface area contributed by atoms with Crippen LogP contribution in [0, 0.1) is 12.8 Å². The van der Waals surface area contributed by atoms with E-state index in [1.807, 2.05) is 32.0 Å². The van der Waals surface area contributed by atoms with Crippen molar-refractivity contribution in [3.05, 3.63) is 33.8 Å². The summed E-state index contributed by atoms with van der Waals surface area (Å²) in [5.74, 6) is 0.418. The first kappa shape index (κ1) is 13.6. The van der Waals surface area contributed by atoms with E-state index in [-0.39, 0.29) is 11.9 Å². The lowest BCUT2D eigenvalue weighted by atomic mass is 10.0. The second kappa shape index (κ2) is 5.85. The zero-order valence-electron chi connectivity index (χ0n) is 10.7. The van der Waals surface area contributed by atoms with Crippen LogP contribution in [0.15, 0.2) is 22.7 Å². The normalized spacial score (nSPS) is 20.7. The molecule has 18 heavy (non-hydrogen) atoms. The second-order valence-corrected chi connectivity index (χ2v) is 5.82. The molecule has 2 rings (SSSR count). The van der Waals surface area contributed by atoms with Crippen molar-refractivity contribution in [2.75, 3.05) is 13.2 Å². The van der Waals surface area contributed by atoms with E-state index in [0.29, 0.717) is 11.5 Å². The number of halogens is 1. The number of aryl methyl sites for hydroxylation is 1. The van der Waals surface area contributed by atoms with Crippen molar-refractivity contribution in [2.24, 2.45) is 5.92 Å². The third kappa shape index (κ3) is 3.33. The first-order chi connectivity index (χ1) is 8.56. The summed E-state index contributed by atoms with van der Waals surface area (Å²) in [5.41, 5.74) is 1.78. The number of hydrogen-bond acceptors (Lipinski definition) is 2. The lowest BCUT2D eigenvalue weighted by Crippen LogP contribution is -2.38. The van der Waals surface area contributed by atoms with Crippen molar-refractivity contribution in [3.8, 4) is 0 Å². The molecule has 4 heteroatoms. The number of ether oxygens (including phenoxy) is 1. The first-order valence-electron chi connectivity index (χ1n) is 6.22. The van der Waals surface area contributed by atoms with E-state index in [0.717, 1.165) is 29.7 Å². The van der Waals surface area contributed by atoms with Crippen LogP contribution in [-0.4, -0.2) is 25.2 Å². The molecule has 1 aromatic carbocycles. The summed E-state index contributed by atoms with van der Waals surface area (Å²) in [5, 5.41) is 3.05. The first-order valence-corrected chi connectivity index (χ1v) is 7.01. The lowest BCUT2D eigenvalue weighted by molar-refractivity contribution is 0.0922. The van der Waals surface area contributed by atoms with E-state index < -0.39 is 0 Å². The van der Waals surface area contributed by atoms with Gasteiger partial charge in [-0.25, -0.2) is 0 Å². The average Bonchev–Trinajstić information content (AvgIpc) is 2.80. The highest BCUT2D eigenvalue weighted by Crippen LogP contribution is 2.18. The van der Waals surface area contributed by atoms with Crippen LogP contribution in [0.4, 0.5) is 0 Å². The molecule has 0 aromatic heterocycles. The standard InChI is InChI=1S/C14H18BrNO2/c1-9-5-12(7-13(15)6-9)14(17)16-10(2)11-3-4-18-8-11/h5-7,10-11H,3-4,8H2,1-2H3,(H,16,17)/t10-,11-/m0/s1. The van der Waals surface area contributed by atoms with Gasteiger partial charge in [-0.3, -0.25) is 4.79 Å². The number of amides is 1.